The van der Waals surface area contributed by atoms with Gasteiger partial charge in [-0.1, -0.05) is 5.92 Å². The first-order chi connectivity index (χ1) is 6.92. The van der Waals surface area contributed by atoms with E-state index < -0.39 is 0 Å². The minimum Gasteiger partial charge on any atom is -0.309 e. The Kier molecular flexibility index (Phi) is 2.43. The van der Waals surface area contributed by atoms with Crippen LogP contribution in [0.4, 0.5) is 0 Å². The molecular formula is C10H10N4. The summed E-state index contributed by atoms with van der Waals surface area (Å²) in [4.78, 5) is 8.22. The highest BCUT2D eigenvalue weighted by Gasteiger charge is 1.98. The summed E-state index contributed by atoms with van der Waals surface area (Å²) < 4.78 is 1.86. The topological polar surface area (TPSA) is 42.2 Å². The van der Waals surface area contributed by atoms with Gasteiger partial charge in [-0.3, -0.25) is 4.40 Å². The molecular weight excluding hydrogens is 176 g/mol. The Labute approximate surface area is 82.0 Å². The summed E-state index contributed by atoms with van der Waals surface area (Å²) in [5, 5.41) is 2.96. The van der Waals surface area contributed by atoms with Gasteiger partial charge in [0.15, 0.2) is 0 Å². The Morgan fingerprint density at radius 3 is 3.29 bits per heavy atom. The van der Waals surface area contributed by atoms with Crippen molar-refractivity contribution in [2.24, 2.45) is 0 Å². The average molecular weight is 186 g/mol. The normalized spacial score (nSPS) is 9.79. The molecule has 0 saturated carbocycles. The molecule has 70 valence electrons. The molecule has 0 bridgehead atoms. The Hall–Kier alpha value is -1.86. The SMILES string of the molecule is CNCC#Cc1cnc2ncccn12. The average Bonchev–Trinajstić information content (AvgIpc) is 2.63. The molecule has 2 heterocycles. The van der Waals surface area contributed by atoms with Gasteiger partial charge in [0.05, 0.1) is 12.7 Å². The van der Waals surface area contributed by atoms with E-state index in [1.54, 1.807) is 12.4 Å². The van der Waals surface area contributed by atoms with Gasteiger partial charge in [0.2, 0.25) is 5.78 Å². The van der Waals surface area contributed by atoms with Gasteiger partial charge < -0.3 is 5.32 Å². The zero-order valence-corrected chi connectivity index (χ0v) is 7.86. The summed E-state index contributed by atoms with van der Waals surface area (Å²) in [6.45, 7) is 0.674. The summed E-state index contributed by atoms with van der Waals surface area (Å²) in [6.07, 6.45) is 5.34. The molecule has 0 amide bonds. The van der Waals surface area contributed by atoms with Crippen LogP contribution in [0.25, 0.3) is 5.78 Å². The van der Waals surface area contributed by atoms with Crippen LogP contribution in [0.15, 0.2) is 24.7 Å². The standard InChI is InChI=1S/C10H10N4/c1-11-5-2-4-9-8-13-10-12-6-3-7-14(9)10/h3,6-8,11H,5H2,1H3. The molecule has 0 fully saturated rings. The molecule has 2 rings (SSSR count). The quantitative estimate of drug-likeness (QED) is 0.651. The van der Waals surface area contributed by atoms with Crippen molar-refractivity contribution in [3.8, 4) is 11.8 Å². The van der Waals surface area contributed by atoms with Crippen LogP contribution in [-0.2, 0) is 0 Å². The number of imidazole rings is 1. The number of nitrogens with zero attached hydrogens (tertiary/aromatic N) is 3. The molecule has 4 heteroatoms. The molecule has 0 aliphatic heterocycles. The maximum absolute atomic E-state index is 4.13. The van der Waals surface area contributed by atoms with E-state index >= 15 is 0 Å². The van der Waals surface area contributed by atoms with Gasteiger partial charge in [0.25, 0.3) is 0 Å². The number of hydrogen-bond acceptors (Lipinski definition) is 3. The van der Waals surface area contributed by atoms with Gasteiger partial charge in [0.1, 0.15) is 5.69 Å². The van der Waals surface area contributed by atoms with Crippen LogP contribution in [0.3, 0.4) is 0 Å². The molecule has 4 nitrogen and oxygen atoms in total. The lowest BCUT2D eigenvalue weighted by Gasteiger charge is -1.91. The van der Waals surface area contributed by atoms with Crippen molar-refractivity contribution >= 4 is 5.78 Å². The number of aromatic nitrogens is 3. The summed E-state index contributed by atoms with van der Waals surface area (Å²) >= 11 is 0. The first-order valence-corrected chi connectivity index (χ1v) is 4.33. The Balaban J connectivity index is 2.40. The van der Waals surface area contributed by atoms with E-state index in [9.17, 15) is 0 Å². The molecule has 0 aliphatic rings. The zero-order valence-electron chi connectivity index (χ0n) is 7.86. The summed E-state index contributed by atoms with van der Waals surface area (Å²) in [5.41, 5.74) is 0.864. The van der Waals surface area contributed by atoms with Crippen molar-refractivity contribution in [1.82, 2.24) is 19.7 Å². The smallest absolute Gasteiger partial charge is 0.234 e. The monoisotopic (exact) mass is 186 g/mol. The number of fused-ring (bicyclic) bond motifs is 1. The molecule has 0 aromatic carbocycles. The molecule has 0 unspecified atom stereocenters. The van der Waals surface area contributed by atoms with Crippen LogP contribution in [0.1, 0.15) is 5.69 Å². The van der Waals surface area contributed by atoms with E-state index in [0.717, 1.165) is 5.69 Å². The third-order valence-electron chi connectivity index (χ3n) is 1.77. The summed E-state index contributed by atoms with van der Waals surface area (Å²) in [5.74, 6) is 6.68. The van der Waals surface area contributed by atoms with Gasteiger partial charge >= 0.3 is 0 Å². The van der Waals surface area contributed by atoms with Crippen LogP contribution < -0.4 is 5.32 Å². The van der Waals surface area contributed by atoms with E-state index in [2.05, 4.69) is 27.1 Å². The molecule has 0 radical (unpaired) electrons. The van der Waals surface area contributed by atoms with Gasteiger partial charge in [0, 0.05) is 12.4 Å². The highest BCUT2D eigenvalue weighted by Crippen LogP contribution is 2.00. The number of rotatable bonds is 1. The first-order valence-electron chi connectivity index (χ1n) is 4.33. The molecule has 0 aliphatic carbocycles. The molecule has 0 atom stereocenters. The van der Waals surface area contributed by atoms with Crippen LogP contribution in [0.5, 0.6) is 0 Å². The fourth-order valence-corrected chi connectivity index (χ4v) is 1.14. The maximum Gasteiger partial charge on any atom is 0.234 e. The van der Waals surface area contributed by atoms with Gasteiger partial charge in [-0.05, 0) is 19.0 Å². The molecule has 1 N–H and O–H groups in total. The number of hydrogen-bond donors (Lipinski definition) is 1. The molecule has 2 aromatic rings. The second-order valence-corrected chi connectivity index (χ2v) is 2.77. The largest absolute Gasteiger partial charge is 0.309 e. The van der Waals surface area contributed by atoms with Crippen LogP contribution in [-0.4, -0.2) is 28.0 Å². The third kappa shape index (κ3) is 1.58. The second kappa shape index (κ2) is 3.90. The molecule has 2 aromatic heterocycles. The summed E-state index contributed by atoms with van der Waals surface area (Å²) in [7, 11) is 1.87. The predicted octanol–water partition coefficient (Wildman–Crippen LogP) is 0.300. The highest BCUT2D eigenvalue weighted by atomic mass is 15.1. The van der Waals surface area contributed by atoms with Crippen LogP contribution >= 0.6 is 0 Å². The van der Waals surface area contributed by atoms with Gasteiger partial charge in [-0.15, -0.1) is 0 Å². The van der Waals surface area contributed by atoms with E-state index in [4.69, 9.17) is 0 Å². The summed E-state index contributed by atoms with van der Waals surface area (Å²) in [6, 6.07) is 1.86. The van der Waals surface area contributed by atoms with Crippen LogP contribution in [0, 0.1) is 11.8 Å². The minimum atomic E-state index is 0.674. The van der Waals surface area contributed by atoms with Crippen molar-refractivity contribution < 1.29 is 0 Å². The van der Waals surface area contributed by atoms with E-state index in [1.807, 2.05) is 23.7 Å². The van der Waals surface area contributed by atoms with Crippen molar-refractivity contribution in [1.29, 1.82) is 0 Å². The predicted molar refractivity (Wildman–Crippen MR) is 53.8 cm³/mol. The Morgan fingerprint density at radius 2 is 2.43 bits per heavy atom. The molecule has 14 heavy (non-hydrogen) atoms. The zero-order chi connectivity index (χ0) is 9.80. The Morgan fingerprint density at radius 1 is 1.50 bits per heavy atom. The Bertz CT molecular complexity index is 489. The van der Waals surface area contributed by atoms with Crippen molar-refractivity contribution in [2.75, 3.05) is 13.6 Å². The highest BCUT2D eigenvalue weighted by molar-refractivity contribution is 5.38. The van der Waals surface area contributed by atoms with E-state index in [-0.39, 0.29) is 0 Å². The minimum absolute atomic E-state index is 0.674. The van der Waals surface area contributed by atoms with Crippen molar-refractivity contribution in [2.45, 2.75) is 0 Å². The fourth-order valence-electron chi connectivity index (χ4n) is 1.14. The second-order valence-electron chi connectivity index (χ2n) is 2.77. The van der Waals surface area contributed by atoms with E-state index in [1.165, 1.54) is 0 Å². The maximum atomic E-state index is 4.13. The third-order valence-corrected chi connectivity index (χ3v) is 1.77. The van der Waals surface area contributed by atoms with Gasteiger partial charge in [-0.2, -0.15) is 0 Å². The first kappa shape index (κ1) is 8.73. The fraction of sp³-hybridized carbons (Fsp3) is 0.200. The lowest BCUT2D eigenvalue weighted by atomic mass is 10.4. The lowest BCUT2D eigenvalue weighted by molar-refractivity contribution is 0.937. The molecule has 0 saturated heterocycles. The van der Waals surface area contributed by atoms with Crippen molar-refractivity contribution in [3.05, 3.63) is 30.4 Å². The molecule has 0 spiro atoms. The van der Waals surface area contributed by atoms with E-state index in [0.29, 0.717) is 12.3 Å². The lowest BCUT2D eigenvalue weighted by Crippen LogP contribution is -2.04. The number of nitrogens with one attached hydrogen (secondary N) is 1. The van der Waals surface area contributed by atoms with Crippen molar-refractivity contribution in [3.63, 3.8) is 0 Å². The van der Waals surface area contributed by atoms with Gasteiger partial charge in [-0.25, -0.2) is 9.97 Å². The van der Waals surface area contributed by atoms with Crippen LogP contribution in [0.2, 0.25) is 0 Å².